The van der Waals surface area contributed by atoms with Gasteiger partial charge in [0, 0.05) is 6.54 Å². The van der Waals surface area contributed by atoms with Crippen molar-refractivity contribution in [2.45, 2.75) is 12.8 Å². The van der Waals surface area contributed by atoms with Gasteiger partial charge in [0.2, 0.25) is 0 Å². The molecule has 1 aromatic rings. The van der Waals surface area contributed by atoms with E-state index in [9.17, 15) is 9.18 Å². The zero-order valence-electron chi connectivity index (χ0n) is 10.6. The Bertz CT molecular complexity index is 585. The third kappa shape index (κ3) is 0.967. The molecule has 1 N–H and O–H groups in total. The van der Waals surface area contributed by atoms with E-state index in [0.717, 1.165) is 36.1 Å². The number of fused-ring (bicyclic) bond motifs is 2. The van der Waals surface area contributed by atoms with Gasteiger partial charge in [0.1, 0.15) is 5.82 Å². The molecule has 0 saturated heterocycles. The average molecular weight is 257 g/mol. The zero-order valence-corrected chi connectivity index (χ0v) is 10.6. The highest BCUT2D eigenvalue weighted by Crippen LogP contribution is 2.89. The van der Waals surface area contributed by atoms with Crippen molar-refractivity contribution < 1.29 is 9.18 Å². The largest absolute Gasteiger partial charge is 0.351 e. The lowest BCUT2D eigenvalue weighted by Crippen LogP contribution is -2.87. The number of hydrogen-bond donors (Lipinski definition) is 1. The molecule has 0 spiro atoms. The molecular weight excluding hydrogens is 241 g/mol. The van der Waals surface area contributed by atoms with Gasteiger partial charge in [0.25, 0.3) is 5.91 Å². The van der Waals surface area contributed by atoms with E-state index in [1.165, 1.54) is 18.9 Å². The molecule has 6 unspecified atom stereocenters. The van der Waals surface area contributed by atoms with Crippen molar-refractivity contribution in [3.8, 4) is 0 Å². The van der Waals surface area contributed by atoms with Crippen LogP contribution in [0, 0.1) is 40.8 Å². The number of hydrogen-bond acceptors (Lipinski definition) is 1. The molecule has 98 valence electrons. The summed E-state index contributed by atoms with van der Waals surface area (Å²) in [4.78, 5) is 12.0. The van der Waals surface area contributed by atoms with Gasteiger partial charge >= 0.3 is 0 Å². The van der Waals surface area contributed by atoms with Crippen molar-refractivity contribution in [1.29, 1.82) is 0 Å². The molecule has 4 saturated carbocycles. The quantitative estimate of drug-likeness (QED) is 0.885. The first-order valence-corrected chi connectivity index (χ1v) is 7.25. The van der Waals surface area contributed by atoms with Gasteiger partial charge in [-0.25, -0.2) is 4.39 Å². The Morgan fingerprint density at radius 2 is 2.21 bits per heavy atom. The highest BCUT2D eigenvalue weighted by atomic mass is 19.1. The van der Waals surface area contributed by atoms with Gasteiger partial charge in [-0.3, -0.25) is 4.79 Å². The Labute approximate surface area is 111 Å². The van der Waals surface area contributed by atoms with Crippen LogP contribution >= 0.6 is 0 Å². The van der Waals surface area contributed by atoms with Crippen LogP contribution in [0.4, 0.5) is 4.39 Å². The number of amides is 1. The summed E-state index contributed by atoms with van der Waals surface area (Å²) in [6, 6.07) is 6.21. The molecule has 6 atom stereocenters. The van der Waals surface area contributed by atoms with E-state index in [4.69, 9.17) is 0 Å². The maximum Gasteiger partial charge on any atom is 0.254 e. The molecule has 1 amide bonds. The Morgan fingerprint density at radius 1 is 1.37 bits per heavy atom. The fourth-order valence-electron chi connectivity index (χ4n) is 5.80. The molecule has 4 aliphatic carbocycles. The lowest BCUT2D eigenvalue weighted by atomic mass is 9.14. The smallest absolute Gasteiger partial charge is 0.254 e. The first-order chi connectivity index (χ1) is 9.22. The molecule has 0 bridgehead atoms. The van der Waals surface area contributed by atoms with Crippen molar-refractivity contribution in [3.05, 3.63) is 35.6 Å². The van der Waals surface area contributed by atoms with E-state index >= 15 is 0 Å². The second-order valence-electron chi connectivity index (χ2n) is 6.87. The number of carbonyl (C=O) groups is 1. The molecule has 4 fully saturated rings. The van der Waals surface area contributed by atoms with Crippen LogP contribution in [0.25, 0.3) is 0 Å². The molecule has 0 aliphatic heterocycles. The minimum absolute atomic E-state index is 0.172. The molecule has 4 aliphatic rings. The number of rotatable bonds is 3. The van der Waals surface area contributed by atoms with Crippen LogP contribution < -0.4 is 5.32 Å². The first kappa shape index (κ1) is 10.4. The molecular formula is C16H16FNO. The van der Waals surface area contributed by atoms with Crippen molar-refractivity contribution in [2.75, 3.05) is 6.54 Å². The molecule has 2 nitrogen and oxygen atoms in total. The lowest BCUT2D eigenvalue weighted by Gasteiger charge is -2.90. The molecule has 1 aromatic carbocycles. The van der Waals surface area contributed by atoms with Gasteiger partial charge in [-0.1, -0.05) is 12.1 Å². The number of carbonyl (C=O) groups excluding carboxylic acids is 1. The summed E-state index contributed by atoms with van der Waals surface area (Å²) < 4.78 is 13.5. The van der Waals surface area contributed by atoms with Crippen molar-refractivity contribution in [1.82, 2.24) is 5.32 Å². The summed E-state index contributed by atoms with van der Waals surface area (Å²) >= 11 is 0. The fraction of sp³-hybridized carbons (Fsp3) is 0.562. The predicted octanol–water partition coefficient (Wildman–Crippen LogP) is 2.46. The van der Waals surface area contributed by atoms with Crippen molar-refractivity contribution in [2.24, 2.45) is 35.0 Å². The number of benzene rings is 1. The van der Waals surface area contributed by atoms with Crippen LogP contribution in [0.5, 0.6) is 0 Å². The van der Waals surface area contributed by atoms with Crippen molar-refractivity contribution >= 4 is 5.91 Å². The van der Waals surface area contributed by atoms with Crippen LogP contribution in [0.1, 0.15) is 23.2 Å². The van der Waals surface area contributed by atoms with Gasteiger partial charge < -0.3 is 5.32 Å². The summed E-state index contributed by atoms with van der Waals surface area (Å²) in [5, 5.41) is 2.98. The van der Waals surface area contributed by atoms with E-state index < -0.39 is 5.82 Å². The summed E-state index contributed by atoms with van der Waals surface area (Å²) in [5.74, 6) is 4.10. The van der Waals surface area contributed by atoms with Gasteiger partial charge in [0.15, 0.2) is 0 Å². The van der Waals surface area contributed by atoms with E-state index in [1.54, 1.807) is 18.2 Å². The SMILES string of the molecule is O=C(NCC12CC3C4CC1C4C32)c1ccccc1F. The van der Waals surface area contributed by atoms with Gasteiger partial charge in [-0.05, 0) is 60.0 Å². The van der Waals surface area contributed by atoms with E-state index in [2.05, 4.69) is 5.32 Å². The topological polar surface area (TPSA) is 29.1 Å². The summed E-state index contributed by atoms with van der Waals surface area (Å²) in [7, 11) is 0. The highest BCUT2D eigenvalue weighted by molar-refractivity contribution is 5.94. The van der Waals surface area contributed by atoms with Crippen LogP contribution in [0.15, 0.2) is 24.3 Å². The minimum Gasteiger partial charge on any atom is -0.351 e. The Balaban J connectivity index is 1.30. The number of nitrogens with one attached hydrogen (secondary N) is 1. The second-order valence-corrected chi connectivity index (χ2v) is 6.87. The summed E-state index contributed by atoms with van der Waals surface area (Å²) in [5.41, 5.74) is 0.580. The average Bonchev–Trinajstić information content (AvgIpc) is 2.42. The molecule has 0 aromatic heterocycles. The molecule has 19 heavy (non-hydrogen) atoms. The lowest BCUT2D eigenvalue weighted by molar-refractivity contribution is -0.425. The monoisotopic (exact) mass is 257 g/mol. The summed E-state index contributed by atoms with van der Waals surface area (Å²) in [6.07, 6.45) is 2.70. The molecule has 0 radical (unpaired) electrons. The Hall–Kier alpha value is -1.38. The second kappa shape index (κ2) is 3.02. The maximum absolute atomic E-state index is 13.5. The Morgan fingerprint density at radius 3 is 2.84 bits per heavy atom. The maximum atomic E-state index is 13.5. The standard InChI is InChI=1S/C16H16FNO/c17-12-4-2-1-3-8(12)15(19)18-7-16-6-10-9-5-11(16)13(9)14(10)16/h1-4,9-11,13-14H,5-7H2,(H,18,19). The minimum atomic E-state index is -0.428. The van der Waals surface area contributed by atoms with Gasteiger partial charge in [0.05, 0.1) is 5.56 Å². The van der Waals surface area contributed by atoms with Crippen LogP contribution in [0.2, 0.25) is 0 Å². The first-order valence-electron chi connectivity index (χ1n) is 7.25. The van der Waals surface area contributed by atoms with Crippen LogP contribution in [0.3, 0.4) is 0 Å². The van der Waals surface area contributed by atoms with Crippen LogP contribution in [-0.4, -0.2) is 12.5 Å². The Kier molecular flexibility index (Phi) is 1.66. The predicted molar refractivity (Wildman–Crippen MR) is 67.9 cm³/mol. The molecule has 5 rings (SSSR count). The van der Waals surface area contributed by atoms with Gasteiger partial charge in [-0.15, -0.1) is 0 Å². The number of halogens is 1. The highest BCUT2D eigenvalue weighted by Gasteiger charge is 2.85. The van der Waals surface area contributed by atoms with Crippen molar-refractivity contribution in [3.63, 3.8) is 0 Å². The molecule has 3 heteroatoms. The zero-order chi connectivity index (χ0) is 12.8. The van der Waals surface area contributed by atoms with E-state index in [1.807, 2.05) is 0 Å². The fourth-order valence-corrected chi connectivity index (χ4v) is 5.80. The third-order valence-corrected chi connectivity index (χ3v) is 6.63. The summed E-state index contributed by atoms with van der Waals surface area (Å²) in [6.45, 7) is 0.759. The molecule has 0 heterocycles. The van der Waals surface area contributed by atoms with Gasteiger partial charge in [-0.2, -0.15) is 0 Å². The van der Waals surface area contributed by atoms with E-state index in [0.29, 0.717) is 5.41 Å². The third-order valence-electron chi connectivity index (χ3n) is 6.63. The normalized spacial score (nSPS) is 46.9. The van der Waals surface area contributed by atoms with Crippen LogP contribution in [-0.2, 0) is 0 Å². The van der Waals surface area contributed by atoms with E-state index in [-0.39, 0.29) is 11.5 Å².